The van der Waals surface area contributed by atoms with Gasteiger partial charge >= 0.3 is 6.18 Å². The van der Waals surface area contributed by atoms with E-state index in [1.165, 1.54) is 5.56 Å². The first kappa shape index (κ1) is 22.2. The van der Waals surface area contributed by atoms with Gasteiger partial charge in [-0.05, 0) is 92.8 Å². The van der Waals surface area contributed by atoms with Gasteiger partial charge in [-0.3, -0.25) is 0 Å². The third kappa shape index (κ3) is 3.16. The molecule has 1 saturated carbocycles. The molecule has 0 aliphatic heterocycles. The topological polar surface area (TPSA) is 29.5 Å². The zero-order chi connectivity index (χ0) is 22.1. The number of phenolic OH excluding ortho intramolecular Hbond substituents is 1. The summed E-state index contributed by atoms with van der Waals surface area (Å²) in [6.07, 6.45) is 0.239. The van der Waals surface area contributed by atoms with Gasteiger partial charge < -0.3 is 9.53 Å². The molecule has 0 amide bonds. The minimum atomic E-state index is -4.58. The van der Waals surface area contributed by atoms with Crippen LogP contribution in [-0.2, 0) is 10.8 Å². The molecular weight excluding hydrogens is 429 g/mol. The summed E-state index contributed by atoms with van der Waals surface area (Å²) in [6, 6.07) is 5.47. The summed E-state index contributed by atoms with van der Waals surface area (Å²) in [6.45, 7) is 7.16. The van der Waals surface area contributed by atoms with Gasteiger partial charge in [-0.15, -0.1) is 0 Å². The number of halogens is 4. The number of aryl methyl sites for hydroxylation is 1. The molecule has 0 radical (unpaired) electrons. The highest BCUT2D eigenvalue weighted by atomic mass is 35.5. The number of alkyl halides is 3. The summed E-state index contributed by atoms with van der Waals surface area (Å²) < 4.78 is 50.6. The molecular formula is C23H30ClF3O2Si. The van der Waals surface area contributed by atoms with E-state index in [1.807, 2.05) is 12.1 Å². The Hall–Kier alpha value is -0.983. The van der Waals surface area contributed by atoms with Crippen LogP contribution in [0.25, 0.3) is 0 Å². The lowest BCUT2D eigenvalue weighted by Gasteiger charge is -2.62. The van der Waals surface area contributed by atoms with Crippen LogP contribution in [0.4, 0.5) is 13.2 Å². The van der Waals surface area contributed by atoms with Gasteiger partial charge in [0.25, 0.3) is 0 Å². The molecule has 1 unspecified atom stereocenters. The molecule has 1 N–H and O–H groups in total. The van der Waals surface area contributed by atoms with Crippen LogP contribution < -0.4 is 0 Å². The summed E-state index contributed by atoms with van der Waals surface area (Å²) >= 11 is 6.42. The van der Waals surface area contributed by atoms with Crippen molar-refractivity contribution in [2.75, 3.05) is 0 Å². The van der Waals surface area contributed by atoms with Crippen LogP contribution in [0.15, 0.2) is 29.3 Å². The second-order valence-corrected chi connectivity index (χ2v) is 15.3. The van der Waals surface area contributed by atoms with E-state index in [4.69, 9.17) is 16.0 Å². The number of aromatic hydroxyl groups is 1. The van der Waals surface area contributed by atoms with Crippen LogP contribution in [0.5, 0.6) is 5.75 Å². The molecule has 0 heterocycles. The standard InChI is InChI=1S/C23H30ClF3O2Si/c1-21-12-11-17-16-8-6-15(28)13-14(16)5-7-18(17)19(21)9-10-20(24)22(21,23(25,26)27)29-30(2,3)4/h6,8,10,13,17-19,28H,5,7,9,11-12H2,1-4H3/t17-,18-,19+,21+,22?/m1/s1. The summed E-state index contributed by atoms with van der Waals surface area (Å²) in [7, 11) is -2.57. The Morgan fingerprint density at radius 2 is 1.90 bits per heavy atom. The van der Waals surface area contributed by atoms with E-state index in [-0.39, 0.29) is 28.5 Å². The molecule has 3 aliphatic rings. The molecule has 166 valence electrons. The van der Waals surface area contributed by atoms with Crippen molar-refractivity contribution in [2.45, 2.75) is 76.4 Å². The minimum absolute atomic E-state index is 0.147. The lowest BCUT2D eigenvalue weighted by molar-refractivity contribution is -0.292. The van der Waals surface area contributed by atoms with Crippen molar-refractivity contribution in [1.29, 1.82) is 0 Å². The molecule has 1 fully saturated rings. The van der Waals surface area contributed by atoms with E-state index < -0.39 is 25.5 Å². The number of hydrogen-bond acceptors (Lipinski definition) is 2. The first-order chi connectivity index (χ1) is 13.8. The van der Waals surface area contributed by atoms with Crippen molar-refractivity contribution >= 4 is 19.9 Å². The zero-order valence-corrected chi connectivity index (χ0v) is 19.7. The second-order valence-electron chi connectivity index (χ2n) is 10.4. The van der Waals surface area contributed by atoms with Gasteiger partial charge in [-0.1, -0.05) is 30.7 Å². The van der Waals surface area contributed by atoms with Crippen molar-refractivity contribution in [2.24, 2.45) is 17.3 Å². The number of phenols is 1. The first-order valence-electron chi connectivity index (χ1n) is 10.7. The molecule has 5 atom stereocenters. The molecule has 4 rings (SSSR count). The van der Waals surface area contributed by atoms with Gasteiger partial charge in [0.1, 0.15) is 5.75 Å². The predicted octanol–water partition coefficient (Wildman–Crippen LogP) is 7.13. The van der Waals surface area contributed by atoms with Gasteiger partial charge in [-0.25, -0.2) is 0 Å². The van der Waals surface area contributed by atoms with E-state index in [1.54, 1.807) is 38.7 Å². The highest BCUT2D eigenvalue weighted by Crippen LogP contribution is 2.67. The Labute approximate surface area is 182 Å². The minimum Gasteiger partial charge on any atom is -0.508 e. The number of hydrogen-bond donors (Lipinski definition) is 1. The second kappa shape index (κ2) is 7.01. The Morgan fingerprint density at radius 1 is 1.20 bits per heavy atom. The van der Waals surface area contributed by atoms with Crippen LogP contribution >= 0.6 is 11.6 Å². The Balaban J connectivity index is 1.82. The van der Waals surface area contributed by atoms with Crippen LogP contribution in [0.3, 0.4) is 0 Å². The molecule has 30 heavy (non-hydrogen) atoms. The van der Waals surface area contributed by atoms with E-state index in [9.17, 15) is 18.3 Å². The fourth-order valence-electron chi connectivity index (χ4n) is 6.55. The fourth-order valence-corrected chi connectivity index (χ4v) is 8.44. The summed E-state index contributed by atoms with van der Waals surface area (Å²) in [5, 5.41) is 9.66. The van der Waals surface area contributed by atoms with Crippen molar-refractivity contribution in [3.8, 4) is 5.75 Å². The Morgan fingerprint density at radius 3 is 2.53 bits per heavy atom. The van der Waals surface area contributed by atoms with Gasteiger partial charge in [0.05, 0.1) is 5.03 Å². The first-order valence-corrected chi connectivity index (χ1v) is 14.5. The van der Waals surface area contributed by atoms with Crippen molar-refractivity contribution in [3.05, 3.63) is 40.4 Å². The number of allylic oxidation sites excluding steroid dienone is 1. The monoisotopic (exact) mass is 458 g/mol. The van der Waals surface area contributed by atoms with Crippen molar-refractivity contribution < 1.29 is 22.7 Å². The summed E-state index contributed by atoms with van der Waals surface area (Å²) in [4.78, 5) is 0. The highest BCUT2D eigenvalue weighted by molar-refractivity contribution is 6.70. The number of rotatable bonds is 2. The van der Waals surface area contributed by atoms with Crippen molar-refractivity contribution in [3.63, 3.8) is 0 Å². The number of benzene rings is 1. The van der Waals surface area contributed by atoms with E-state index in [2.05, 4.69) is 0 Å². The van der Waals surface area contributed by atoms with E-state index >= 15 is 0 Å². The van der Waals surface area contributed by atoms with Gasteiger partial charge in [0.15, 0.2) is 13.9 Å². The maximum Gasteiger partial charge on any atom is 0.422 e. The zero-order valence-electron chi connectivity index (χ0n) is 17.9. The van der Waals surface area contributed by atoms with Gasteiger partial charge in [0, 0.05) is 5.41 Å². The smallest absolute Gasteiger partial charge is 0.422 e. The van der Waals surface area contributed by atoms with E-state index in [0.29, 0.717) is 19.3 Å². The van der Waals surface area contributed by atoms with Crippen LogP contribution in [0.1, 0.15) is 49.7 Å². The fraction of sp³-hybridized carbons (Fsp3) is 0.652. The summed E-state index contributed by atoms with van der Waals surface area (Å²) in [5.74, 6) is 0.461. The van der Waals surface area contributed by atoms with Crippen LogP contribution in [0, 0.1) is 17.3 Å². The van der Waals surface area contributed by atoms with Gasteiger partial charge in [-0.2, -0.15) is 13.2 Å². The van der Waals surface area contributed by atoms with E-state index in [0.717, 1.165) is 18.4 Å². The number of fused-ring (bicyclic) bond motifs is 5. The summed E-state index contributed by atoms with van der Waals surface area (Å²) in [5.41, 5.74) is -1.22. The predicted molar refractivity (Wildman–Crippen MR) is 115 cm³/mol. The van der Waals surface area contributed by atoms with Crippen LogP contribution in [-0.4, -0.2) is 25.2 Å². The highest BCUT2D eigenvalue weighted by Gasteiger charge is 2.73. The molecule has 3 aliphatic carbocycles. The molecule has 0 bridgehead atoms. The largest absolute Gasteiger partial charge is 0.508 e. The van der Waals surface area contributed by atoms with Gasteiger partial charge in [0.2, 0.25) is 0 Å². The Kier molecular flexibility index (Phi) is 5.19. The Bertz CT molecular complexity index is 878. The SMILES string of the molecule is C[C@]12CC[C@@H]3c4ccc(O)cc4CC[C@H]3[C@@H]1CC=C(Cl)C2(O[Si](C)(C)C)C(F)(F)F. The maximum absolute atomic E-state index is 14.8. The third-order valence-corrected chi connectivity index (χ3v) is 8.99. The lowest BCUT2D eigenvalue weighted by atomic mass is 9.47. The quantitative estimate of drug-likeness (QED) is 0.477. The molecule has 0 spiro atoms. The molecule has 0 aromatic heterocycles. The molecule has 1 aromatic carbocycles. The molecule has 7 heteroatoms. The van der Waals surface area contributed by atoms with Crippen LogP contribution in [0.2, 0.25) is 19.6 Å². The molecule has 2 nitrogen and oxygen atoms in total. The maximum atomic E-state index is 14.8. The molecule has 0 saturated heterocycles. The average Bonchev–Trinajstić information content (AvgIpc) is 2.61. The lowest BCUT2D eigenvalue weighted by Crippen LogP contribution is -2.68. The third-order valence-electron chi connectivity index (χ3n) is 7.65. The van der Waals surface area contributed by atoms with Crippen molar-refractivity contribution in [1.82, 2.24) is 0 Å². The average molecular weight is 459 g/mol. The normalized spacial score (nSPS) is 36.4. The molecule has 1 aromatic rings.